The Balaban J connectivity index is 2.49. The minimum absolute atomic E-state index is 0.0291. The summed E-state index contributed by atoms with van der Waals surface area (Å²) in [5, 5.41) is 14.5. The Bertz CT molecular complexity index is 639. The summed E-state index contributed by atoms with van der Waals surface area (Å²) in [5.41, 5.74) is 0.315. The number of nitro groups is 1. The van der Waals surface area contributed by atoms with Crippen molar-refractivity contribution >= 4 is 21.2 Å². The molecule has 0 radical (unpaired) electrons. The number of anilines is 1. The fourth-order valence-corrected chi connectivity index (χ4v) is 3.29. The summed E-state index contributed by atoms with van der Waals surface area (Å²) in [6, 6.07) is 4.31. The summed E-state index contributed by atoms with van der Waals surface area (Å²) in [7, 11) is -3.46. The molecule has 1 N–H and O–H groups in total. The maximum absolute atomic E-state index is 11.6. The van der Waals surface area contributed by atoms with Gasteiger partial charge < -0.3 is 10.2 Å². The number of benzene rings is 1. The monoisotopic (exact) mass is 313 g/mol. The molecule has 1 aromatic carbocycles. The van der Waals surface area contributed by atoms with E-state index in [0.29, 0.717) is 12.2 Å². The normalized spacial score (nSPS) is 18.7. The molecule has 1 aliphatic rings. The van der Waals surface area contributed by atoms with Gasteiger partial charge in [0.2, 0.25) is 0 Å². The minimum atomic E-state index is -3.46. The smallest absolute Gasteiger partial charge is 0.293 e. The highest BCUT2D eigenvalue weighted by Gasteiger charge is 2.28. The summed E-state index contributed by atoms with van der Waals surface area (Å²) in [5.74, 6) is 0. The van der Waals surface area contributed by atoms with Crippen molar-refractivity contribution in [3.63, 3.8) is 0 Å². The van der Waals surface area contributed by atoms with E-state index in [4.69, 9.17) is 0 Å². The van der Waals surface area contributed by atoms with Crippen LogP contribution in [0, 0.1) is 10.1 Å². The average Bonchev–Trinajstić information content (AvgIpc) is 2.92. The Morgan fingerprint density at radius 2 is 2.19 bits per heavy atom. The van der Waals surface area contributed by atoms with Gasteiger partial charge in [-0.15, -0.1) is 0 Å². The fraction of sp³-hybridized carbons (Fsp3) is 0.538. The third-order valence-corrected chi connectivity index (χ3v) is 4.81. The second kappa shape index (κ2) is 5.98. The van der Waals surface area contributed by atoms with E-state index in [1.165, 1.54) is 12.1 Å². The van der Waals surface area contributed by atoms with Crippen LogP contribution < -0.4 is 10.2 Å². The summed E-state index contributed by atoms with van der Waals surface area (Å²) in [4.78, 5) is 12.7. The molecule has 0 spiro atoms. The number of nitrogens with zero attached hydrogens (tertiary/aromatic N) is 2. The van der Waals surface area contributed by atoms with E-state index in [2.05, 4.69) is 5.32 Å². The van der Waals surface area contributed by atoms with Crippen LogP contribution in [-0.2, 0) is 9.84 Å². The minimum Gasteiger partial charge on any atom is -0.362 e. The third kappa shape index (κ3) is 3.33. The number of nitrogens with one attached hydrogen (secondary N) is 1. The first-order valence-electron chi connectivity index (χ1n) is 6.80. The molecular weight excluding hydrogens is 294 g/mol. The van der Waals surface area contributed by atoms with Crippen molar-refractivity contribution in [3.05, 3.63) is 28.3 Å². The van der Waals surface area contributed by atoms with Crippen LogP contribution >= 0.6 is 0 Å². The molecule has 2 rings (SSSR count). The number of hydrogen-bond donors (Lipinski definition) is 1. The molecule has 116 valence electrons. The van der Waals surface area contributed by atoms with Crippen molar-refractivity contribution in [2.75, 3.05) is 30.8 Å². The summed E-state index contributed by atoms with van der Waals surface area (Å²) >= 11 is 0. The molecule has 1 saturated heterocycles. The van der Waals surface area contributed by atoms with E-state index < -0.39 is 14.8 Å². The molecule has 1 heterocycles. The van der Waals surface area contributed by atoms with Crippen LogP contribution in [0.1, 0.15) is 13.3 Å². The molecule has 8 heteroatoms. The van der Waals surface area contributed by atoms with Gasteiger partial charge in [0.15, 0.2) is 9.84 Å². The van der Waals surface area contributed by atoms with Crippen LogP contribution in [0.5, 0.6) is 0 Å². The van der Waals surface area contributed by atoms with Gasteiger partial charge in [0.05, 0.1) is 9.82 Å². The van der Waals surface area contributed by atoms with Gasteiger partial charge in [0, 0.05) is 31.5 Å². The van der Waals surface area contributed by atoms with Gasteiger partial charge in [-0.1, -0.05) is 0 Å². The van der Waals surface area contributed by atoms with Crippen molar-refractivity contribution in [3.8, 4) is 0 Å². The quantitative estimate of drug-likeness (QED) is 0.648. The first kappa shape index (κ1) is 15.7. The van der Waals surface area contributed by atoms with E-state index in [-0.39, 0.29) is 16.6 Å². The maximum atomic E-state index is 11.6. The van der Waals surface area contributed by atoms with Crippen molar-refractivity contribution < 1.29 is 13.3 Å². The van der Waals surface area contributed by atoms with Crippen LogP contribution in [0.25, 0.3) is 0 Å². The third-order valence-electron chi connectivity index (χ3n) is 3.70. The number of rotatable bonds is 5. The van der Waals surface area contributed by atoms with E-state index in [1.807, 2.05) is 11.8 Å². The lowest BCUT2D eigenvalue weighted by molar-refractivity contribution is -0.384. The van der Waals surface area contributed by atoms with Crippen molar-refractivity contribution in [2.45, 2.75) is 24.3 Å². The molecule has 1 fully saturated rings. The lowest BCUT2D eigenvalue weighted by atomic mass is 10.1. The largest absolute Gasteiger partial charge is 0.362 e. The molecule has 0 saturated carbocycles. The topological polar surface area (TPSA) is 92.5 Å². The van der Waals surface area contributed by atoms with Crippen molar-refractivity contribution in [2.24, 2.45) is 0 Å². The fourth-order valence-electron chi connectivity index (χ4n) is 2.65. The lowest BCUT2D eigenvalue weighted by Gasteiger charge is -2.29. The Hall–Kier alpha value is -1.67. The summed E-state index contributed by atoms with van der Waals surface area (Å²) in [6.07, 6.45) is 1.96. The maximum Gasteiger partial charge on any atom is 0.293 e. The Kier molecular flexibility index (Phi) is 4.48. The van der Waals surface area contributed by atoms with Gasteiger partial charge in [-0.2, -0.15) is 0 Å². The van der Waals surface area contributed by atoms with Crippen LogP contribution in [-0.4, -0.2) is 45.3 Å². The van der Waals surface area contributed by atoms with Gasteiger partial charge in [-0.25, -0.2) is 8.42 Å². The Morgan fingerprint density at radius 3 is 2.67 bits per heavy atom. The summed E-state index contributed by atoms with van der Waals surface area (Å²) in [6.45, 7) is 4.23. The molecule has 21 heavy (non-hydrogen) atoms. The van der Waals surface area contributed by atoms with Crippen LogP contribution in [0.15, 0.2) is 23.1 Å². The van der Waals surface area contributed by atoms with Gasteiger partial charge >= 0.3 is 0 Å². The number of nitro benzene ring substituents is 1. The molecule has 1 atom stereocenters. The number of likely N-dealkylation sites (N-methyl/N-ethyl adjacent to an activating group) is 1. The van der Waals surface area contributed by atoms with Gasteiger partial charge in [-0.05, 0) is 32.0 Å². The van der Waals surface area contributed by atoms with Crippen molar-refractivity contribution in [1.82, 2.24) is 5.32 Å². The molecule has 0 aliphatic carbocycles. The Labute approximate surface area is 124 Å². The van der Waals surface area contributed by atoms with Crippen LogP contribution in [0.4, 0.5) is 11.4 Å². The highest BCUT2D eigenvalue weighted by molar-refractivity contribution is 7.90. The molecule has 0 amide bonds. The molecule has 1 aromatic rings. The van der Waals surface area contributed by atoms with Gasteiger partial charge in [-0.3, -0.25) is 10.1 Å². The average molecular weight is 313 g/mol. The second-order valence-electron chi connectivity index (χ2n) is 5.11. The highest BCUT2D eigenvalue weighted by atomic mass is 32.2. The number of sulfone groups is 1. The zero-order valence-electron chi connectivity index (χ0n) is 12.1. The van der Waals surface area contributed by atoms with Crippen LogP contribution in [0.2, 0.25) is 0 Å². The van der Waals surface area contributed by atoms with Crippen molar-refractivity contribution in [1.29, 1.82) is 0 Å². The lowest BCUT2D eigenvalue weighted by Crippen LogP contribution is -2.37. The first-order chi connectivity index (χ1) is 9.84. The zero-order chi connectivity index (χ0) is 15.6. The molecule has 0 aromatic heterocycles. The molecule has 7 nitrogen and oxygen atoms in total. The standard InChI is InChI=1S/C13H19N3O4S/c1-3-15(10-6-7-14-9-10)12-5-4-11(21(2,19)20)8-13(12)16(17)18/h4-5,8,10,14H,3,6-7,9H2,1-2H3. The van der Waals surface area contributed by atoms with Gasteiger partial charge in [0.25, 0.3) is 5.69 Å². The predicted octanol–water partition coefficient (Wildman–Crippen LogP) is 1.19. The molecule has 1 aliphatic heterocycles. The number of hydrogen-bond acceptors (Lipinski definition) is 6. The highest BCUT2D eigenvalue weighted by Crippen LogP contribution is 2.32. The SMILES string of the molecule is CCN(c1ccc(S(C)(=O)=O)cc1[N+](=O)[O-])C1CCNC1. The molecule has 1 unspecified atom stereocenters. The predicted molar refractivity (Wildman–Crippen MR) is 80.5 cm³/mol. The zero-order valence-corrected chi connectivity index (χ0v) is 12.9. The van der Waals surface area contributed by atoms with E-state index in [9.17, 15) is 18.5 Å². The summed E-state index contributed by atoms with van der Waals surface area (Å²) < 4.78 is 23.1. The van der Waals surface area contributed by atoms with Crippen LogP contribution in [0.3, 0.4) is 0 Å². The molecule has 0 bridgehead atoms. The second-order valence-corrected chi connectivity index (χ2v) is 7.13. The first-order valence-corrected chi connectivity index (χ1v) is 8.69. The van der Waals surface area contributed by atoms with E-state index in [1.54, 1.807) is 0 Å². The van der Waals surface area contributed by atoms with Gasteiger partial charge in [0.1, 0.15) is 5.69 Å². The Morgan fingerprint density at radius 1 is 1.48 bits per heavy atom. The van der Waals surface area contributed by atoms with E-state index >= 15 is 0 Å². The van der Waals surface area contributed by atoms with E-state index in [0.717, 1.165) is 31.8 Å². The molecular formula is C13H19N3O4S.